The van der Waals surface area contributed by atoms with Gasteiger partial charge in [0, 0.05) is 24.6 Å². The second-order valence-corrected chi connectivity index (χ2v) is 8.27. The Balaban J connectivity index is 1.62. The minimum atomic E-state index is -0.145. The van der Waals surface area contributed by atoms with Crippen molar-refractivity contribution in [1.29, 1.82) is 0 Å². The molecule has 7 heteroatoms. The molecule has 2 N–H and O–H groups in total. The second kappa shape index (κ2) is 12.5. The third-order valence-electron chi connectivity index (χ3n) is 5.06. The first-order valence-corrected chi connectivity index (χ1v) is 11.0. The van der Waals surface area contributed by atoms with Gasteiger partial charge in [0.1, 0.15) is 0 Å². The number of amides is 1. The number of rotatable bonds is 14. The molecule has 1 aromatic rings. The van der Waals surface area contributed by atoms with Crippen LogP contribution < -0.4 is 10.0 Å². The molecule has 1 unspecified atom stereocenters. The van der Waals surface area contributed by atoms with Crippen molar-refractivity contribution in [2.75, 3.05) is 39.1 Å². The molecule has 0 spiro atoms. The lowest BCUT2D eigenvalue weighted by atomic mass is 10.2. The number of para-hydroxylation sites is 1. The number of nitrogens with zero attached hydrogens (tertiary/aromatic N) is 1. The molecule has 1 amide bonds. The van der Waals surface area contributed by atoms with Crippen LogP contribution in [0, 0.1) is 11.8 Å². The molecule has 0 saturated heterocycles. The summed E-state index contributed by atoms with van der Waals surface area (Å²) in [6.07, 6.45) is 6.20. The maximum Gasteiger partial charge on any atom is 0.305 e. The molecule has 160 valence electrons. The lowest BCUT2D eigenvalue weighted by molar-refractivity contribution is -0.140. The molecule has 29 heavy (non-hydrogen) atoms. The summed E-state index contributed by atoms with van der Waals surface area (Å²) in [6.45, 7) is 6.53. The molecule has 1 aliphatic carbocycles. The van der Waals surface area contributed by atoms with E-state index in [1.807, 2.05) is 30.3 Å². The molecular formula is C22H33N3O3S. The highest BCUT2D eigenvalue weighted by atomic mass is 32.2. The van der Waals surface area contributed by atoms with Gasteiger partial charge in [-0.25, -0.2) is 0 Å². The highest BCUT2D eigenvalue weighted by molar-refractivity contribution is 7.98. The number of nitrogens with one attached hydrogen (secondary N) is 2. The Morgan fingerprint density at radius 3 is 2.76 bits per heavy atom. The summed E-state index contributed by atoms with van der Waals surface area (Å²) in [5.41, 5.74) is 1.04. The maximum atomic E-state index is 12.1. The predicted molar refractivity (Wildman–Crippen MR) is 119 cm³/mol. The molecular weight excluding hydrogens is 386 g/mol. The lowest BCUT2D eigenvalue weighted by Crippen LogP contribution is -2.22. The van der Waals surface area contributed by atoms with Crippen LogP contribution >= 0.6 is 11.9 Å². The van der Waals surface area contributed by atoms with Gasteiger partial charge in [0.05, 0.1) is 12.0 Å². The van der Waals surface area contributed by atoms with Gasteiger partial charge in [-0.15, -0.1) is 6.58 Å². The Morgan fingerprint density at radius 1 is 1.28 bits per heavy atom. The van der Waals surface area contributed by atoms with Crippen LogP contribution in [0.25, 0.3) is 0 Å². The van der Waals surface area contributed by atoms with Crippen molar-refractivity contribution >= 4 is 29.5 Å². The maximum absolute atomic E-state index is 12.1. The Labute approximate surface area is 178 Å². The van der Waals surface area contributed by atoms with Gasteiger partial charge >= 0.3 is 5.97 Å². The molecule has 0 radical (unpaired) electrons. The van der Waals surface area contributed by atoms with E-state index in [9.17, 15) is 9.59 Å². The van der Waals surface area contributed by atoms with E-state index in [1.165, 1.54) is 19.1 Å². The first-order chi connectivity index (χ1) is 14.0. The molecule has 1 fully saturated rings. The van der Waals surface area contributed by atoms with E-state index in [2.05, 4.69) is 33.3 Å². The molecule has 6 nitrogen and oxygen atoms in total. The molecule has 0 heterocycles. The molecule has 1 saturated carbocycles. The van der Waals surface area contributed by atoms with Gasteiger partial charge in [0.15, 0.2) is 0 Å². The Hall–Kier alpha value is -1.99. The Bertz CT molecular complexity index is 683. The van der Waals surface area contributed by atoms with Crippen molar-refractivity contribution in [3.63, 3.8) is 0 Å². The number of ether oxygens (including phenoxy) is 1. The van der Waals surface area contributed by atoms with Crippen molar-refractivity contribution in [3.8, 4) is 0 Å². The van der Waals surface area contributed by atoms with Gasteiger partial charge in [-0.2, -0.15) is 0 Å². The van der Waals surface area contributed by atoms with Gasteiger partial charge in [0.2, 0.25) is 5.91 Å². The highest BCUT2D eigenvalue weighted by Gasteiger charge is 2.40. The zero-order valence-electron chi connectivity index (χ0n) is 17.5. The van der Waals surface area contributed by atoms with E-state index in [0.29, 0.717) is 12.3 Å². The molecule has 1 aromatic carbocycles. The summed E-state index contributed by atoms with van der Waals surface area (Å²) >= 11 is 1.38. The zero-order valence-corrected chi connectivity index (χ0v) is 18.3. The molecule has 0 aliphatic heterocycles. The molecule has 1 aliphatic rings. The normalized spacial score (nSPS) is 17.6. The summed E-state index contributed by atoms with van der Waals surface area (Å²) < 4.78 is 7.62. The minimum absolute atomic E-state index is 0.0877. The van der Waals surface area contributed by atoms with Crippen molar-refractivity contribution in [3.05, 3.63) is 36.9 Å². The van der Waals surface area contributed by atoms with Crippen LogP contribution in [0.15, 0.2) is 41.8 Å². The Kier molecular flexibility index (Phi) is 10.1. The lowest BCUT2D eigenvalue weighted by Gasteiger charge is -2.16. The average molecular weight is 420 g/mol. The Morgan fingerprint density at radius 2 is 2.03 bits per heavy atom. The molecule has 0 bridgehead atoms. The predicted octanol–water partition coefficient (Wildman–Crippen LogP) is 3.71. The summed E-state index contributed by atoms with van der Waals surface area (Å²) in [6, 6.07) is 8.03. The number of allylic oxidation sites excluding steroid dienone is 1. The number of unbranched alkanes of at least 4 members (excludes halogenated alkanes) is 1. The van der Waals surface area contributed by atoms with Gasteiger partial charge in [0.25, 0.3) is 0 Å². The largest absolute Gasteiger partial charge is 0.469 e. The highest BCUT2D eigenvalue weighted by Crippen LogP contribution is 2.40. The van der Waals surface area contributed by atoms with Gasteiger partial charge in [-0.1, -0.05) is 18.2 Å². The zero-order chi connectivity index (χ0) is 21.1. The van der Waals surface area contributed by atoms with Crippen LogP contribution in [0.2, 0.25) is 0 Å². The van der Waals surface area contributed by atoms with Gasteiger partial charge in [-0.05, 0) is 75.8 Å². The van der Waals surface area contributed by atoms with E-state index in [1.54, 1.807) is 0 Å². The number of carbonyl (C=O) groups is 2. The van der Waals surface area contributed by atoms with E-state index >= 15 is 0 Å². The smallest absolute Gasteiger partial charge is 0.305 e. The van der Waals surface area contributed by atoms with E-state index < -0.39 is 0 Å². The number of carbonyl (C=O) groups excluding carboxylic acids is 2. The van der Waals surface area contributed by atoms with Crippen molar-refractivity contribution < 1.29 is 14.3 Å². The van der Waals surface area contributed by atoms with Crippen molar-refractivity contribution in [2.24, 2.45) is 11.8 Å². The molecule has 0 aromatic heterocycles. The number of anilines is 1. The first-order valence-electron chi connectivity index (χ1n) is 10.2. The fourth-order valence-electron chi connectivity index (χ4n) is 3.10. The van der Waals surface area contributed by atoms with Crippen LogP contribution in [0.1, 0.15) is 32.1 Å². The standard InChI is InChI=1S/C22H33N3O3S/c1-4-17-16-18(17)22(27)24-29-20-11-6-5-10-19(20)23-13-7-8-14-25(2)15-9-12-21(26)28-3/h4-6,10-11,17-18,23H,1,7-9,12-16H2,2-3H3,(H,24,27)/t17-,18?/m1/s1. The van der Waals surface area contributed by atoms with E-state index in [-0.39, 0.29) is 17.8 Å². The third kappa shape index (κ3) is 8.50. The first kappa shape index (κ1) is 23.3. The van der Waals surface area contributed by atoms with Crippen LogP contribution in [0.3, 0.4) is 0 Å². The summed E-state index contributed by atoms with van der Waals surface area (Å²) in [4.78, 5) is 26.5. The van der Waals surface area contributed by atoms with Crippen LogP contribution in [-0.4, -0.2) is 50.6 Å². The minimum Gasteiger partial charge on any atom is -0.469 e. The van der Waals surface area contributed by atoms with Crippen LogP contribution in [0.4, 0.5) is 5.69 Å². The fourth-order valence-corrected chi connectivity index (χ4v) is 3.85. The quantitative estimate of drug-likeness (QED) is 0.207. The number of methoxy groups -OCH3 is 1. The third-order valence-corrected chi connectivity index (χ3v) is 5.94. The number of hydrogen-bond donors (Lipinski definition) is 2. The topological polar surface area (TPSA) is 70.7 Å². The SMILES string of the molecule is C=C[C@@H]1CC1C(=O)NSc1ccccc1NCCCCN(C)CCCC(=O)OC. The van der Waals surface area contributed by atoms with Crippen LogP contribution in [-0.2, 0) is 14.3 Å². The number of esters is 1. The van der Waals surface area contributed by atoms with Crippen LogP contribution in [0.5, 0.6) is 0 Å². The summed E-state index contributed by atoms with van der Waals surface area (Å²) in [7, 11) is 3.51. The van der Waals surface area contributed by atoms with Gasteiger partial charge < -0.3 is 15.0 Å². The van der Waals surface area contributed by atoms with Gasteiger partial charge in [-0.3, -0.25) is 14.3 Å². The average Bonchev–Trinajstić information content (AvgIpc) is 3.52. The second-order valence-electron chi connectivity index (χ2n) is 7.42. The number of benzene rings is 1. The number of hydrogen-bond acceptors (Lipinski definition) is 6. The van der Waals surface area contributed by atoms with Crippen molar-refractivity contribution in [2.45, 2.75) is 37.0 Å². The summed E-state index contributed by atoms with van der Waals surface area (Å²) in [5, 5.41) is 3.47. The monoisotopic (exact) mass is 419 g/mol. The fraction of sp³-hybridized carbons (Fsp3) is 0.545. The summed E-state index contributed by atoms with van der Waals surface area (Å²) in [5.74, 6) is 0.366. The molecule has 2 atom stereocenters. The van der Waals surface area contributed by atoms with E-state index in [0.717, 1.165) is 55.9 Å². The molecule has 2 rings (SSSR count). The van der Waals surface area contributed by atoms with Crippen molar-refractivity contribution in [1.82, 2.24) is 9.62 Å². The van der Waals surface area contributed by atoms with E-state index in [4.69, 9.17) is 0 Å².